The van der Waals surface area contributed by atoms with E-state index in [0.717, 1.165) is 16.9 Å². The molecule has 0 aliphatic carbocycles. The fourth-order valence-electron chi connectivity index (χ4n) is 1.31. The minimum atomic E-state index is -0.172. The van der Waals surface area contributed by atoms with Crippen molar-refractivity contribution in [1.82, 2.24) is 0 Å². The lowest BCUT2D eigenvalue weighted by atomic mass is 10.1. The van der Waals surface area contributed by atoms with Gasteiger partial charge >= 0.3 is 5.97 Å². The van der Waals surface area contributed by atoms with Crippen LogP contribution in [0.4, 0.5) is 0 Å². The molecule has 18 heavy (non-hydrogen) atoms. The summed E-state index contributed by atoms with van der Waals surface area (Å²) in [6.07, 6.45) is -0.0528. The normalized spacial score (nSPS) is 10.4. The molecular formula is C13H17NO2S2. The van der Waals surface area contributed by atoms with Crippen LogP contribution in [0, 0.1) is 0 Å². The molecule has 0 saturated heterocycles. The minimum Gasteiger partial charge on any atom is -0.462 e. The lowest BCUT2D eigenvalue weighted by molar-refractivity contribution is -0.144. The van der Waals surface area contributed by atoms with Crippen molar-refractivity contribution in [3.63, 3.8) is 0 Å². The number of carbonyl (C=O) groups is 1. The monoisotopic (exact) mass is 283 g/mol. The van der Waals surface area contributed by atoms with Crippen molar-refractivity contribution in [1.29, 1.82) is 0 Å². The first-order valence-electron chi connectivity index (χ1n) is 5.65. The van der Waals surface area contributed by atoms with Gasteiger partial charge in [0, 0.05) is 11.3 Å². The summed E-state index contributed by atoms with van der Waals surface area (Å²) in [4.78, 5) is 11.7. The molecule has 0 aromatic heterocycles. The van der Waals surface area contributed by atoms with E-state index in [4.69, 9.17) is 22.7 Å². The quantitative estimate of drug-likeness (QED) is 0.642. The van der Waals surface area contributed by atoms with Crippen molar-refractivity contribution in [3.05, 3.63) is 35.4 Å². The van der Waals surface area contributed by atoms with E-state index >= 15 is 0 Å². The Morgan fingerprint density at radius 1 is 1.39 bits per heavy atom. The number of thiocarbonyl (C=S) groups is 1. The van der Waals surface area contributed by atoms with Crippen LogP contribution in [0.2, 0.25) is 0 Å². The zero-order valence-electron chi connectivity index (χ0n) is 10.5. The average molecular weight is 283 g/mol. The van der Waals surface area contributed by atoms with Gasteiger partial charge in [-0.3, -0.25) is 4.79 Å². The second kappa shape index (κ2) is 7.38. The Labute approximate surface area is 117 Å². The highest BCUT2D eigenvalue weighted by atomic mass is 32.2. The lowest BCUT2D eigenvalue weighted by Crippen LogP contribution is -2.13. The first-order valence-corrected chi connectivity index (χ1v) is 7.21. The van der Waals surface area contributed by atoms with E-state index in [2.05, 4.69) is 0 Å². The Kier molecular flexibility index (Phi) is 6.15. The van der Waals surface area contributed by atoms with E-state index in [9.17, 15) is 4.79 Å². The molecule has 0 amide bonds. The van der Waals surface area contributed by atoms with Crippen LogP contribution in [0.5, 0.6) is 0 Å². The van der Waals surface area contributed by atoms with Crippen LogP contribution in [-0.2, 0) is 15.3 Å². The van der Waals surface area contributed by atoms with Crippen molar-refractivity contribution in [3.8, 4) is 0 Å². The van der Waals surface area contributed by atoms with Crippen LogP contribution >= 0.6 is 24.0 Å². The van der Waals surface area contributed by atoms with Crippen LogP contribution in [0.3, 0.4) is 0 Å². The van der Waals surface area contributed by atoms with Crippen molar-refractivity contribution in [2.75, 3.05) is 5.75 Å². The molecule has 0 aliphatic heterocycles. The number of esters is 1. The zero-order valence-corrected chi connectivity index (χ0v) is 12.1. The van der Waals surface area contributed by atoms with Crippen molar-refractivity contribution in [2.45, 2.75) is 25.7 Å². The molecule has 0 heterocycles. The first-order chi connectivity index (χ1) is 8.49. The predicted molar refractivity (Wildman–Crippen MR) is 79.7 cm³/mol. The highest BCUT2D eigenvalue weighted by Gasteiger charge is 2.05. The molecule has 0 saturated carbocycles. The topological polar surface area (TPSA) is 52.3 Å². The van der Waals surface area contributed by atoms with Gasteiger partial charge in [-0.15, -0.1) is 11.8 Å². The molecule has 2 N–H and O–H groups in total. The molecule has 1 rings (SSSR count). The van der Waals surface area contributed by atoms with Gasteiger partial charge < -0.3 is 10.5 Å². The largest absolute Gasteiger partial charge is 0.462 e. The second-order valence-electron chi connectivity index (χ2n) is 4.09. The van der Waals surface area contributed by atoms with Gasteiger partial charge in [0.05, 0.1) is 11.9 Å². The molecule has 0 unspecified atom stereocenters. The van der Waals surface area contributed by atoms with Crippen LogP contribution in [-0.4, -0.2) is 22.8 Å². The molecule has 0 bridgehead atoms. The van der Waals surface area contributed by atoms with E-state index in [1.807, 2.05) is 38.1 Å². The fourth-order valence-corrected chi connectivity index (χ4v) is 2.22. The number of nitrogens with two attached hydrogens (primary N) is 1. The smallest absolute Gasteiger partial charge is 0.316 e. The van der Waals surface area contributed by atoms with E-state index in [1.165, 1.54) is 11.8 Å². The van der Waals surface area contributed by atoms with Crippen LogP contribution in [0.15, 0.2) is 24.3 Å². The summed E-state index contributed by atoms with van der Waals surface area (Å²) < 4.78 is 5.05. The molecule has 98 valence electrons. The maximum atomic E-state index is 11.3. The third-order valence-corrected chi connectivity index (χ3v) is 3.31. The summed E-state index contributed by atoms with van der Waals surface area (Å²) in [7, 11) is 0. The third kappa shape index (κ3) is 5.51. The summed E-state index contributed by atoms with van der Waals surface area (Å²) in [5.74, 6) is 0.967. The molecule has 3 nitrogen and oxygen atoms in total. The highest BCUT2D eigenvalue weighted by Crippen LogP contribution is 2.13. The second-order valence-corrected chi connectivity index (χ2v) is 5.52. The molecule has 0 radical (unpaired) electrons. The molecule has 1 aromatic rings. The van der Waals surface area contributed by atoms with Gasteiger partial charge in [-0.1, -0.05) is 36.5 Å². The molecule has 0 spiro atoms. The molecule has 0 aliphatic rings. The maximum Gasteiger partial charge on any atom is 0.316 e. The number of carbonyl (C=O) groups excluding carboxylic acids is 1. The van der Waals surface area contributed by atoms with E-state index in [-0.39, 0.29) is 12.1 Å². The molecule has 1 aromatic carbocycles. The Hall–Kier alpha value is -1.07. The van der Waals surface area contributed by atoms with Crippen LogP contribution < -0.4 is 5.73 Å². The number of hydrogen-bond acceptors (Lipinski definition) is 4. The predicted octanol–water partition coefficient (Wildman–Crippen LogP) is 2.51. The van der Waals surface area contributed by atoms with E-state index in [0.29, 0.717) is 10.7 Å². The highest BCUT2D eigenvalue weighted by molar-refractivity contribution is 7.99. The molecule has 0 atom stereocenters. The van der Waals surface area contributed by atoms with Crippen molar-refractivity contribution < 1.29 is 9.53 Å². The Morgan fingerprint density at radius 3 is 2.50 bits per heavy atom. The Bertz CT molecular complexity index is 416. The minimum absolute atomic E-state index is 0.0528. The third-order valence-electron chi connectivity index (χ3n) is 2.09. The number of thioether (sulfide) groups is 1. The van der Waals surface area contributed by atoms with Crippen LogP contribution in [0.25, 0.3) is 0 Å². The number of hydrogen-bond donors (Lipinski definition) is 1. The van der Waals surface area contributed by atoms with Gasteiger partial charge in [-0.2, -0.15) is 0 Å². The molecular weight excluding hydrogens is 266 g/mol. The van der Waals surface area contributed by atoms with Gasteiger partial charge in [0.2, 0.25) is 0 Å². The number of ether oxygens (including phenoxy) is 1. The van der Waals surface area contributed by atoms with Crippen LogP contribution in [0.1, 0.15) is 25.0 Å². The lowest BCUT2D eigenvalue weighted by Gasteiger charge is -2.07. The van der Waals surface area contributed by atoms with Gasteiger partial charge in [0.15, 0.2) is 0 Å². The Balaban J connectivity index is 2.35. The van der Waals surface area contributed by atoms with E-state index in [1.54, 1.807) is 0 Å². The van der Waals surface area contributed by atoms with E-state index < -0.39 is 0 Å². The van der Waals surface area contributed by atoms with Gasteiger partial charge in [-0.05, 0) is 19.4 Å². The van der Waals surface area contributed by atoms with Gasteiger partial charge in [0.25, 0.3) is 0 Å². The number of benzene rings is 1. The van der Waals surface area contributed by atoms with Gasteiger partial charge in [0.1, 0.15) is 4.99 Å². The summed E-state index contributed by atoms with van der Waals surface area (Å²) in [5, 5.41) is 0. The number of rotatable bonds is 6. The Morgan fingerprint density at radius 2 is 2.00 bits per heavy atom. The van der Waals surface area contributed by atoms with Crippen molar-refractivity contribution >= 4 is 34.9 Å². The van der Waals surface area contributed by atoms with Gasteiger partial charge in [-0.25, -0.2) is 0 Å². The zero-order chi connectivity index (χ0) is 13.5. The SMILES string of the molecule is CC(C)OC(=O)CSCc1ccc(C(N)=S)cc1. The summed E-state index contributed by atoms with van der Waals surface area (Å²) >= 11 is 6.41. The molecule has 5 heteroatoms. The standard InChI is InChI=1S/C13H17NO2S2/c1-9(2)16-12(15)8-18-7-10-3-5-11(6-4-10)13(14)17/h3-6,9H,7-8H2,1-2H3,(H2,14,17). The average Bonchev–Trinajstić information content (AvgIpc) is 2.28. The first kappa shape index (κ1) is 15.0. The maximum absolute atomic E-state index is 11.3. The summed E-state index contributed by atoms with van der Waals surface area (Å²) in [5.41, 5.74) is 7.51. The fraction of sp³-hybridized carbons (Fsp3) is 0.385. The van der Waals surface area contributed by atoms with Crippen molar-refractivity contribution in [2.24, 2.45) is 5.73 Å². The summed E-state index contributed by atoms with van der Waals surface area (Å²) in [6, 6.07) is 7.72. The molecule has 0 fully saturated rings. The summed E-state index contributed by atoms with van der Waals surface area (Å²) in [6.45, 7) is 3.69.